The molecule has 0 aromatic heterocycles. The van der Waals surface area contributed by atoms with Crippen LogP contribution in [0.4, 0.5) is 0 Å². The highest BCUT2D eigenvalue weighted by atomic mass is 35.5. The van der Waals surface area contributed by atoms with Crippen molar-refractivity contribution in [2.24, 2.45) is 0 Å². The SMILES string of the molecule is CCCCNC(CCCC)c1cccc(Cl)c1. The van der Waals surface area contributed by atoms with Crippen LogP contribution in [-0.2, 0) is 0 Å². The fraction of sp³-hybridized carbons (Fsp3) is 0.600. The van der Waals surface area contributed by atoms with E-state index in [0.717, 1.165) is 11.6 Å². The van der Waals surface area contributed by atoms with Gasteiger partial charge in [-0.15, -0.1) is 0 Å². The zero-order chi connectivity index (χ0) is 12.5. The Morgan fingerprint density at radius 2 is 1.94 bits per heavy atom. The van der Waals surface area contributed by atoms with Crippen molar-refractivity contribution in [1.82, 2.24) is 5.32 Å². The normalized spacial score (nSPS) is 12.6. The Kier molecular flexibility index (Phi) is 7.30. The third kappa shape index (κ3) is 5.56. The van der Waals surface area contributed by atoms with Crippen LogP contribution in [0.25, 0.3) is 0 Å². The Morgan fingerprint density at radius 1 is 1.18 bits per heavy atom. The van der Waals surface area contributed by atoms with Crippen molar-refractivity contribution in [2.45, 2.75) is 52.0 Å². The molecular formula is C15H24ClN. The second kappa shape index (κ2) is 8.54. The Hall–Kier alpha value is -0.530. The highest BCUT2D eigenvalue weighted by Crippen LogP contribution is 2.22. The summed E-state index contributed by atoms with van der Waals surface area (Å²) in [7, 11) is 0. The molecule has 0 radical (unpaired) electrons. The molecule has 1 rings (SSSR count). The molecule has 0 bridgehead atoms. The molecule has 96 valence electrons. The van der Waals surface area contributed by atoms with E-state index in [-0.39, 0.29) is 0 Å². The Morgan fingerprint density at radius 3 is 2.59 bits per heavy atom. The lowest BCUT2D eigenvalue weighted by Crippen LogP contribution is -2.22. The molecule has 0 aliphatic rings. The predicted octanol–water partition coefficient (Wildman–Crippen LogP) is 4.96. The summed E-state index contributed by atoms with van der Waals surface area (Å²) >= 11 is 6.06. The lowest BCUT2D eigenvalue weighted by atomic mass is 10.0. The smallest absolute Gasteiger partial charge is 0.0409 e. The van der Waals surface area contributed by atoms with Crippen LogP contribution in [-0.4, -0.2) is 6.54 Å². The summed E-state index contributed by atoms with van der Waals surface area (Å²) in [6, 6.07) is 8.69. The van der Waals surface area contributed by atoms with E-state index in [4.69, 9.17) is 11.6 Å². The molecule has 2 heteroatoms. The van der Waals surface area contributed by atoms with Crippen molar-refractivity contribution in [1.29, 1.82) is 0 Å². The van der Waals surface area contributed by atoms with E-state index >= 15 is 0 Å². The summed E-state index contributed by atoms with van der Waals surface area (Å²) in [6.45, 7) is 5.56. The van der Waals surface area contributed by atoms with Gasteiger partial charge in [-0.3, -0.25) is 0 Å². The van der Waals surface area contributed by atoms with Gasteiger partial charge in [0.25, 0.3) is 0 Å². The monoisotopic (exact) mass is 253 g/mol. The first-order chi connectivity index (χ1) is 8.27. The first-order valence-corrected chi connectivity index (χ1v) is 7.14. The quantitative estimate of drug-likeness (QED) is 0.646. The van der Waals surface area contributed by atoms with Crippen LogP contribution < -0.4 is 5.32 Å². The summed E-state index contributed by atoms with van der Waals surface area (Å²) in [5, 5.41) is 4.47. The summed E-state index contributed by atoms with van der Waals surface area (Å²) in [6.07, 6.45) is 6.18. The number of rotatable bonds is 8. The molecule has 0 spiro atoms. The first kappa shape index (κ1) is 14.5. The minimum absolute atomic E-state index is 0.459. The molecule has 1 nitrogen and oxygen atoms in total. The molecule has 0 saturated heterocycles. The van der Waals surface area contributed by atoms with E-state index < -0.39 is 0 Å². The Balaban J connectivity index is 2.60. The molecule has 1 aromatic rings. The van der Waals surface area contributed by atoms with E-state index in [0.29, 0.717) is 6.04 Å². The topological polar surface area (TPSA) is 12.0 Å². The van der Waals surface area contributed by atoms with Crippen molar-refractivity contribution < 1.29 is 0 Å². The number of nitrogens with one attached hydrogen (secondary N) is 1. The number of hydrogen-bond acceptors (Lipinski definition) is 1. The van der Waals surface area contributed by atoms with Gasteiger partial charge < -0.3 is 5.32 Å². The van der Waals surface area contributed by atoms with Gasteiger partial charge in [0.15, 0.2) is 0 Å². The Labute approximate surface area is 111 Å². The largest absolute Gasteiger partial charge is 0.310 e. The molecule has 17 heavy (non-hydrogen) atoms. The van der Waals surface area contributed by atoms with Gasteiger partial charge >= 0.3 is 0 Å². The van der Waals surface area contributed by atoms with Crippen molar-refractivity contribution in [3.8, 4) is 0 Å². The summed E-state index contributed by atoms with van der Waals surface area (Å²) < 4.78 is 0. The van der Waals surface area contributed by atoms with Crippen molar-refractivity contribution in [3.05, 3.63) is 34.9 Å². The van der Waals surface area contributed by atoms with E-state index in [1.54, 1.807) is 0 Å². The van der Waals surface area contributed by atoms with Crippen LogP contribution in [0.1, 0.15) is 57.6 Å². The van der Waals surface area contributed by atoms with Gasteiger partial charge in [-0.2, -0.15) is 0 Å². The van der Waals surface area contributed by atoms with E-state index in [2.05, 4.69) is 31.3 Å². The molecule has 0 amide bonds. The minimum atomic E-state index is 0.459. The van der Waals surface area contributed by atoms with Gasteiger partial charge in [0.2, 0.25) is 0 Å². The molecule has 0 saturated carbocycles. The lowest BCUT2D eigenvalue weighted by Gasteiger charge is -2.19. The van der Waals surface area contributed by atoms with Crippen LogP contribution in [0.5, 0.6) is 0 Å². The van der Waals surface area contributed by atoms with Gasteiger partial charge in [-0.25, -0.2) is 0 Å². The van der Waals surface area contributed by atoms with Crippen molar-refractivity contribution >= 4 is 11.6 Å². The minimum Gasteiger partial charge on any atom is -0.310 e. The van der Waals surface area contributed by atoms with Gasteiger partial charge in [-0.1, -0.05) is 56.8 Å². The number of benzene rings is 1. The molecule has 0 heterocycles. The number of halogens is 1. The first-order valence-electron chi connectivity index (χ1n) is 6.76. The zero-order valence-corrected chi connectivity index (χ0v) is 11.8. The Bertz CT molecular complexity index is 312. The second-order valence-electron chi connectivity index (χ2n) is 4.56. The summed E-state index contributed by atoms with van der Waals surface area (Å²) in [5.41, 5.74) is 1.32. The van der Waals surface area contributed by atoms with Crippen LogP contribution in [0.15, 0.2) is 24.3 Å². The predicted molar refractivity (Wildman–Crippen MR) is 76.6 cm³/mol. The van der Waals surface area contributed by atoms with E-state index in [9.17, 15) is 0 Å². The molecular weight excluding hydrogens is 230 g/mol. The maximum absolute atomic E-state index is 6.06. The third-order valence-electron chi connectivity index (χ3n) is 3.02. The average molecular weight is 254 g/mol. The van der Waals surface area contributed by atoms with Gasteiger partial charge in [-0.05, 0) is 37.1 Å². The maximum Gasteiger partial charge on any atom is 0.0409 e. The average Bonchev–Trinajstić information content (AvgIpc) is 2.33. The fourth-order valence-corrected chi connectivity index (χ4v) is 2.17. The standard InChI is InChI=1S/C15H24ClN/c1-3-5-10-15(17-11-6-4-2)13-8-7-9-14(16)12-13/h7-9,12,15,17H,3-6,10-11H2,1-2H3. The molecule has 0 aliphatic carbocycles. The highest BCUT2D eigenvalue weighted by Gasteiger charge is 2.10. The number of hydrogen-bond donors (Lipinski definition) is 1. The van der Waals surface area contributed by atoms with Gasteiger partial charge in [0.05, 0.1) is 0 Å². The van der Waals surface area contributed by atoms with Gasteiger partial charge in [0, 0.05) is 11.1 Å². The maximum atomic E-state index is 6.06. The third-order valence-corrected chi connectivity index (χ3v) is 3.25. The molecule has 0 aliphatic heterocycles. The molecule has 0 fully saturated rings. The summed E-state index contributed by atoms with van der Waals surface area (Å²) in [4.78, 5) is 0. The van der Waals surface area contributed by atoms with Crippen LogP contribution >= 0.6 is 11.6 Å². The number of unbranched alkanes of at least 4 members (excludes halogenated alkanes) is 2. The highest BCUT2D eigenvalue weighted by molar-refractivity contribution is 6.30. The molecule has 1 unspecified atom stereocenters. The van der Waals surface area contributed by atoms with E-state index in [1.807, 2.05) is 12.1 Å². The van der Waals surface area contributed by atoms with Crippen molar-refractivity contribution in [2.75, 3.05) is 6.54 Å². The second-order valence-corrected chi connectivity index (χ2v) is 4.99. The fourth-order valence-electron chi connectivity index (χ4n) is 1.97. The molecule has 1 atom stereocenters. The zero-order valence-electron chi connectivity index (χ0n) is 11.0. The molecule has 1 aromatic carbocycles. The van der Waals surface area contributed by atoms with Gasteiger partial charge in [0.1, 0.15) is 0 Å². The van der Waals surface area contributed by atoms with Crippen LogP contribution in [0.2, 0.25) is 5.02 Å². The van der Waals surface area contributed by atoms with Crippen molar-refractivity contribution in [3.63, 3.8) is 0 Å². The van der Waals surface area contributed by atoms with Crippen LogP contribution in [0, 0.1) is 0 Å². The lowest BCUT2D eigenvalue weighted by molar-refractivity contribution is 0.474. The van der Waals surface area contributed by atoms with Crippen LogP contribution in [0.3, 0.4) is 0 Å². The summed E-state index contributed by atoms with van der Waals surface area (Å²) in [5.74, 6) is 0. The van der Waals surface area contributed by atoms with E-state index in [1.165, 1.54) is 37.7 Å². The molecule has 1 N–H and O–H groups in total.